The summed E-state index contributed by atoms with van der Waals surface area (Å²) in [5, 5.41) is 7.83. The Morgan fingerprint density at radius 3 is 2.59 bits per heavy atom. The number of para-hydroxylation sites is 2. The number of fused-ring (bicyclic) bond motifs is 1. The molecule has 0 saturated carbocycles. The van der Waals surface area contributed by atoms with Crippen molar-refractivity contribution in [3.63, 3.8) is 0 Å². The molecule has 1 saturated heterocycles. The van der Waals surface area contributed by atoms with Crippen LogP contribution in [0.1, 0.15) is 23.3 Å². The molecule has 1 aliphatic heterocycles. The first-order valence-corrected chi connectivity index (χ1v) is 9.19. The molecular weight excluding hydrogens is 366 g/mol. The van der Waals surface area contributed by atoms with Crippen LogP contribution in [0.5, 0.6) is 5.75 Å². The van der Waals surface area contributed by atoms with Crippen LogP contribution < -0.4 is 10.2 Å². The number of aromatic nitrogens is 2. The molecule has 0 unspecified atom stereocenters. The highest BCUT2D eigenvalue weighted by Gasteiger charge is 2.27. The summed E-state index contributed by atoms with van der Waals surface area (Å²) in [7, 11) is 0. The summed E-state index contributed by atoms with van der Waals surface area (Å²) in [6, 6.07) is 14.4. The van der Waals surface area contributed by atoms with Gasteiger partial charge in [-0.15, -0.1) is 0 Å². The molecule has 2 aromatic carbocycles. The Hall–Kier alpha value is -2.86. The van der Waals surface area contributed by atoms with Gasteiger partial charge >= 0.3 is 0 Å². The minimum atomic E-state index is -0.349. The molecule has 4 rings (SSSR count). The number of nitrogens with one attached hydrogen (secondary N) is 1. The van der Waals surface area contributed by atoms with E-state index in [1.165, 1.54) is 0 Å². The van der Waals surface area contributed by atoms with E-state index in [-0.39, 0.29) is 23.1 Å². The third-order valence-electron chi connectivity index (χ3n) is 4.74. The molecule has 1 aromatic heterocycles. The van der Waals surface area contributed by atoms with Crippen molar-refractivity contribution in [2.75, 3.05) is 13.1 Å². The van der Waals surface area contributed by atoms with Crippen molar-refractivity contribution in [3.05, 3.63) is 69.5 Å². The number of halogens is 1. The third kappa shape index (κ3) is 3.53. The van der Waals surface area contributed by atoms with Crippen molar-refractivity contribution in [1.82, 2.24) is 15.1 Å². The Morgan fingerprint density at radius 1 is 1.11 bits per heavy atom. The molecule has 2 heterocycles. The summed E-state index contributed by atoms with van der Waals surface area (Å²) in [6.45, 7) is 1.00. The van der Waals surface area contributed by atoms with Crippen LogP contribution in [0.25, 0.3) is 10.9 Å². The highest BCUT2D eigenvalue weighted by molar-refractivity contribution is 6.32. The van der Waals surface area contributed by atoms with Crippen LogP contribution in [0.4, 0.5) is 0 Å². The molecule has 3 aromatic rings. The standard InChI is InChI=1S/C20H18ClN3O3/c21-15-6-2-4-8-17(15)27-13-9-11-24(12-10-13)20(26)18-19(25)14-5-1-3-7-16(14)22-23-18/h1-8,13H,9-12H2,(H,22,25). The first-order valence-electron chi connectivity index (χ1n) is 8.81. The van der Waals surface area contributed by atoms with E-state index >= 15 is 0 Å². The Morgan fingerprint density at radius 2 is 1.81 bits per heavy atom. The summed E-state index contributed by atoms with van der Waals surface area (Å²) in [6.07, 6.45) is 1.32. The van der Waals surface area contributed by atoms with E-state index in [4.69, 9.17) is 16.3 Å². The fraction of sp³-hybridized carbons (Fsp3) is 0.250. The molecule has 0 atom stereocenters. The number of amides is 1. The van der Waals surface area contributed by atoms with E-state index in [0.29, 0.717) is 47.6 Å². The summed E-state index contributed by atoms with van der Waals surface area (Å²) in [5.74, 6) is 0.301. The van der Waals surface area contributed by atoms with Crippen molar-refractivity contribution in [3.8, 4) is 5.75 Å². The highest BCUT2D eigenvalue weighted by Crippen LogP contribution is 2.27. The van der Waals surface area contributed by atoms with Crippen LogP contribution in [0.2, 0.25) is 5.02 Å². The molecule has 0 bridgehead atoms. The minimum Gasteiger partial charge on any atom is -0.489 e. The molecule has 0 radical (unpaired) electrons. The van der Waals surface area contributed by atoms with Crippen molar-refractivity contribution < 1.29 is 9.53 Å². The first-order chi connectivity index (χ1) is 13.1. The predicted octanol–water partition coefficient (Wildman–Crippen LogP) is 3.26. The zero-order valence-electron chi connectivity index (χ0n) is 14.5. The van der Waals surface area contributed by atoms with Crippen LogP contribution in [0, 0.1) is 0 Å². The van der Waals surface area contributed by atoms with Gasteiger partial charge in [0, 0.05) is 31.3 Å². The molecule has 138 valence electrons. The molecule has 1 aliphatic rings. The summed E-state index contributed by atoms with van der Waals surface area (Å²) in [4.78, 5) is 27.0. The van der Waals surface area contributed by atoms with E-state index < -0.39 is 0 Å². The second kappa shape index (κ2) is 7.40. The quantitative estimate of drug-likeness (QED) is 0.753. The molecular formula is C20H18ClN3O3. The van der Waals surface area contributed by atoms with E-state index in [1.807, 2.05) is 24.3 Å². The summed E-state index contributed by atoms with van der Waals surface area (Å²) in [5.41, 5.74) is 0.203. The fourth-order valence-electron chi connectivity index (χ4n) is 3.26. The molecule has 1 N–H and O–H groups in total. The average molecular weight is 384 g/mol. The van der Waals surface area contributed by atoms with Gasteiger partial charge in [0.2, 0.25) is 5.43 Å². The number of piperidine rings is 1. The van der Waals surface area contributed by atoms with Gasteiger partial charge in [-0.1, -0.05) is 35.9 Å². The maximum Gasteiger partial charge on any atom is 0.278 e. The van der Waals surface area contributed by atoms with Crippen LogP contribution in [0.15, 0.2) is 53.3 Å². The zero-order chi connectivity index (χ0) is 18.8. The lowest BCUT2D eigenvalue weighted by Gasteiger charge is -2.32. The lowest BCUT2D eigenvalue weighted by atomic mass is 10.1. The number of carbonyl (C=O) groups is 1. The maximum atomic E-state index is 12.8. The smallest absolute Gasteiger partial charge is 0.278 e. The van der Waals surface area contributed by atoms with Crippen molar-refractivity contribution >= 4 is 28.4 Å². The Balaban J connectivity index is 1.45. The van der Waals surface area contributed by atoms with Gasteiger partial charge in [-0.3, -0.25) is 14.7 Å². The van der Waals surface area contributed by atoms with Crippen molar-refractivity contribution in [2.45, 2.75) is 18.9 Å². The SMILES string of the molecule is O=C(c1n[nH]c2ccccc2c1=O)N1CCC(Oc2ccccc2Cl)CC1. The molecule has 1 fully saturated rings. The monoisotopic (exact) mass is 383 g/mol. The van der Waals surface area contributed by atoms with Gasteiger partial charge in [-0.05, 0) is 24.3 Å². The minimum absolute atomic E-state index is 0.0169. The van der Waals surface area contributed by atoms with Gasteiger partial charge in [0.25, 0.3) is 5.91 Å². The second-order valence-electron chi connectivity index (χ2n) is 6.49. The molecule has 27 heavy (non-hydrogen) atoms. The lowest BCUT2D eigenvalue weighted by Crippen LogP contribution is -2.43. The van der Waals surface area contributed by atoms with E-state index in [9.17, 15) is 9.59 Å². The van der Waals surface area contributed by atoms with Crippen LogP contribution in [-0.4, -0.2) is 40.2 Å². The zero-order valence-corrected chi connectivity index (χ0v) is 15.3. The van der Waals surface area contributed by atoms with Crippen molar-refractivity contribution in [1.29, 1.82) is 0 Å². The Labute approximate surface area is 160 Å². The number of H-pyrrole nitrogens is 1. The second-order valence-corrected chi connectivity index (χ2v) is 6.89. The molecule has 1 amide bonds. The number of carbonyl (C=O) groups excluding carboxylic acids is 1. The number of hydrogen-bond donors (Lipinski definition) is 1. The van der Waals surface area contributed by atoms with Gasteiger partial charge in [0.1, 0.15) is 11.9 Å². The third-order valence-corrected chi connectivity index (χ3v) is 5.05. The van der Waals surface area contributed by atoms with E-state index in [0.717, 1.165) is 0 Å². The number of benzene rings is 2. The van der Waals surface area contributed by atoms with Crippen LogP contribution in [-0.2, 0) is 0 Å². The number of nitrogens with zero attached hydrogens (tertiary/aromatic N) is 2. The predicted molar refractivity (Wildman–Crippen MR) is 103 cm³/mol. The maximum absolute atomic E-state index is 12.8. The molecule has 6 nitrogen and oxygen atoms in total. The molecule has 0 aliphatic carbocycles. The summed E-state index contributed by atoms with van der Waals surface area (Å²) < 4.78 is 5.95. The van der Waals surface area contributed by atoms with Gasteiger partial charge < -0.3 is 9.64 Å². The van der Waals surface area contributed by atoms with Gasteiger partial charge in [0.05, 0.1) is 10.5 Å². The average Bonchev–Trinajstić information content (AvgIpc) is 2.70. The van der Waals surface area contributed by atoms with Gasteiger partial charge in [-0.2, -0.15) is 5.10 Å². The Bertz CT molecular complexity index is 1040. The number of likely N-dealkylation sites (tertiary alicyclic amines) is 1. The fourth-order valence-corrected chi connectivity index (χ4v) is 3.44. The normalized spacial score (nSPS) is 15.1. The largest absolute Gasteiger partial charge is 0.489 e. The summed E-state index contributed by atoms with van der Waals surface area (Å²) >= 11 is 6.13. The number of ether oxygens (including phenoxy) is 1. The van der Waals surface area contributed by atoms with E-state index in [2.05, 4.69) is 10.2 Å². The number of hydrogen-bond acceptors (Lipinski definition) is 4. The lowest BCUT2D eigenvalue weighted by molar-refractivity contribution is 0.0588. The number of rotatable bonds is 3. The van der Waals surface area contributed by atoms with Crippen LogP contribution >= 0.6 is 11.6 Å². The molecule has 0 spiro atoms. The van der Waals surface area contributed by atoms with Gasteiger partial charge in [0.15, 0.2) is 5.69 Å². The first kappa shape index (κ1) is 17.5. The van der Waals surface area contributed by atoms with Crippen LogP contribution in [0.3, 0.4) is 0 Å². The van der Waals surface area contributed by atoms with E-state index in [1.54, 1.807) is 29.2 Å². The Kier molecular flexibility index (Phi) is 4.81. The van der Waals surface area contributed by atoms with Crippen molar-refractivity contribution in [2.24, 2.45) is 0 Å². The topological polar surface area (TPSA) is 75.3 Å². The molecule has 7 heteroatoms. The highest BCUT2D eigenvalue weighted by atomic mass is 35.5. The van der Waals surface area contributed by atoms with Gasteiger partial charge in [-0.25, -0.2) is 0 Å². The number of aromatic amines is 1.